The van der Waals surface area contributed by atoms with Gasteiger partial charge in [0.2, 0.25) is 0 Å². The maximum Gasteiger partial charge on any atom is 0.191 e. The van der Waals surface area contributed by atoms with Crippen molar-refractivity contribution >= 4 is 45.9 Å². The van der Waals surface area contributed by atoms with Crippen molar-refractivity contribution in [2.45, 2.75) is 26.4 Å². The number of guanidine groups is 1. The second kappa shape index (κ2) is 12.1. The fourth-order valence-corrected chi connectivity index (χ4v) is 2.79. The minimum Gasteiger partial charge on any atom is -0.496 e. The summed E-state index contributed by atoms with van der Waals surface area (Å²) in [5.41, 5.74) is 1.12. The second-order valence-corrected chi connectivity index (χ2v) is 6.07. The Morgan fingerprint density at radius 2 is 2.20 bits per heavy atom. The number of aromatic nitrogens is 2. The third-order valence-electron chi connectivity index (χ3n) is 3.40. The molecular formula is C17H25BrIN5O. The first-order valence-electron chi connectivity index (χ1n) is 8.05. The second-order valence-electron chi connectivity index (χ2n) is 5.21. The minimum absolute atomic E-state index is 0. The number of rotatable bonds is 8. The van der Waals surface area contributed by atoms with Gasteiger partial charge in [0.05, 0.1) is 18.1 Å². The zero-order valence-electron chi connectivity index (χ0n) is 14.5. The van der Waals surface area contributed by atoms with Gasteiger partial charge >= 0.3 is 0 Å². The third kappa shape index (κ3) is 7.64. The maximum atomic E-state index is 5.25. The van der Waals surface area contributed by atoms with Gasteiger partial charge in [0, 0.05) is 32.0 Å². The van der Waals surface area contributed by atoms with E-state index >= 15 is 0 Å². The average Bonchev–Trinajstić information content (AvgIpc) is 3.10. The molecule has 0 radical (unpaired) electrons. The molecule has 2 aromatic rings. The summed E-state index contributed by atoms with van der Waals surface area (Å²) in [6.07, 6.45) is 4.76. The quantitative estimate of drug-likeness (QED) is 0.242. The van der Waals surface area contributed by atoms with Gasteiger partial charge in [-0.2, -0.15) is 5.10 Å². The number of aryl methyl sites for hydroxylation is 1. The van der Waals surface area contributed by atoms with Gasteiger partial charge in [-0.25, -0.2) is 4.99 Å². The first-order valence-corrected chi connectivity index (χ1v) is 8.84. The Hall–Kier alpha value is -1.29. The fraction of sp³-hybridized carbons (Fsp3) is 0.412. The molecule has 6 nitrogen and oxygen atoms in total. The van der Waals surface area contributed by atoms with Crippen LogP contribution >= 0.6 is 39.9 Å². The summed E-state index contributed by atoms with van der Waals surface area (Å²) >= 11 is 3.50. The number of ether oxygens (including phenoxy) is 1. The van der Waals surface area contributed by atoms with E-state index < -0.39 is 0 Å². The maximum absolute atomic E-state index is 5.25. The van der Waals surface area contributed by atoms with E-state index in [2.05, 4.69) is 43.6 Å². The minimum atomic E-state index is 0. The van der Waals surface area contributed by atoms with Gasteiger partial charge in [-0.05, 0) is 53.0 Å². The Bertz CT molecular complexity index is 648. The first-order chi connectivity index (χ1) is 11.7. The highest BCUT2D eigenvalue weighted by molar-refractivity contribution is 14.0. The van der Waals surface area contributed by atoms with Crippen LogP contribution in [-0.2, 0) is 13.1 Å². The smallest absolute Gasteiger partial charge is 0.191 e. The molecule has 0 aliphatic heterocycles. The van der Waals surface area contributed by atoms with Crippen molar-refractivity contribution in [1.29, 1.82) is 0 Å². The molecule has 1 aromatic carbocycles. The van der Waals surface area contributed by atoms with Crippen molar-refractivity contribution in [2.75, 3.05) is 20.2 Å². The van der Waals surface area contributed by atoms with Crippen LogP contribution < -0.4 is 15.4 Å². The van der Waals surface area contributed by atoms with Crippen molar-refractivity contribution < 1.29 is 4.74 Å². The van der Waals surface area contributed by atoms with E-state index in [1.807, 2.05) is 35.1 Å². The molecule has 0 spiro atoms. The molecule has 0 amide bonds. The van der Waals surface area contributed by atoms with Crippen LogP contribution in [0.25, 0.3) is 0 Å². The zero-order valence-corrected chi connectivity index (χ0v) is 18.5. The van der Waals surface area contributed by atoms with E-state index in [0.717, 1.165) is 47.8 Å². The molecule has 0 aliphatic rings. The average molecular weight is 522 g/mol. The van der Waals surface area contributed by atoms with E-state index in [-0.39, 0.29) is 24.0 Å². The van der Waals surface area contributed by atoms with Crippen LogP contribution in [0.15, 0.2) is 46.1 Å². The predicted molar refractivity (Wildman–Crippen MR) is 116 cm³/mol. The van der Waals surface area contributed by atoms with Crippen LogP contribution in [0.1, 0.15) is 18.9 Å². The predicted octanol–water partition coefficient (Wildman–Crippen LogP) is 3.42. The van der Waals surface area contributed by atoms with Crippen molar-refractivity contribution in [3.63, 3.8) is 0 Å². The third-order valence-corrected chi connectivity index (χ3v) is 4.02. The molecule has 0 aliphatic carbocycles. The van der Waals surface area contributed by atoms with Crippen LogP contribution in [0.2, 0.25) is 0 Å². The van der Waals surface area contributed by atoms with Crippen LogP contribution in [0.3, 0.4) is 0 Å². The summed E-state index contributed by atoms with van der Waals surface area (Å²) in [7, 11) is 1.66. The lowest BCUT2D eigenvalue weighted by atomic mass is 10.2. The van der Waals surface area contributed by atoms with E-state index in [0.29, 0.717) is 6.54 Å². The monoisotopic (exact) mass is 521 g/mol. The Balaban J connectivity index is 0.00000312. The molecule has 0 saturated heterocycles. The van der Waals surface area contributed by atoms with Crippen LogP contribution in [0.5, 0.6) is 5.75 Å². The number of nitrogens with zero attached hydrogens (tertiary/aromatic N) is 3. The molecule has 0 fully saturated rings. The number of benzene rings is 1. The van der Waals surface area contributed by atoms with Gasteiger partial charge in [0.1, 0.15) is 5.75 Å². The summed E-state index contributed by atoms with van der Waals surface area (Å²) in [6, 6.07) is 7.93. The Morgan fingerprint density at radius 1 is 1.36 bits per heavy atom. The topological polar surface area (TPSA) is 63.5 Å². The summed E-state index contributed by atoms with van der Waals surface area (Å²) in [4.78, 5) is 4.63. The van der Waals surface area contributed by atoms with Gasteiger partial charge in [0.25, 0.3) is 0 Å². The van der Waals surface area contributed by atoms with Crippen molar-refractivity contribution in [3.8, 4) is 5.75 Å². The lowest BCUT2D eigenvalue weighted by molar-refractivity contribution is 0.412. The lowest BCUT2D eigenvalue weighted by Gasteiger charge is -2.11. The van der Waals surface area contributed by atoms with E-state index in [1.165, 1.54) is 0 Å². The van der Waals surface area contributed by atoms with Gasteiger partial charge in [-0.15, -0.1) is 24.0 Å². The molecule has 2 rings (SSSR count). The van der Waals surface area contributed by atoms with Crippen LogP contribution in [-0.4, -0.2) is 35.9 Å². The van der Waals surface area contributed by atoms with Gasteiger partial charge in [0.15, 0.2) is 5.96 Å². The number of methoxy groups -OCH3 is 1. The van der Waals surface area contributed by atoms with E-state index in [1.54, 1.807) is 13.3 Å². The summed E-state index contributed by atoms with van der Waals surface area (Å²) in [5, 5.41) is 10.8. The van der Waals surface area contributed by atoms with E-state index in [9.17, 15) is 0 Å². The molecule has 2 N–H and O–H groups in total. The summed E-state index contributed by atoms with van der Waals surface area (Å²) in [6.45, 7) is 5.24. The zero-order chi connectivity index (χ0) is 17.2. The van der Waals surface area contributed by atoms with Crippen molar-refractivity contribution in [2.24, 2.45) is 4.99 Å². The number of nitrogens with one attached hydrogen (secondary N) is 2. The highest BCUT2D eigenvalue weighted by Crippen LogP contribution is 2.25. The van der Waals surface area contributed by atoms with Crippen LogP contribution in [0, 0.1) is 0 Å². The fourth-order valence-electron chi connectivity index (χ4n) is 2.20. The lowest BCUT2D eigenvalue weighted by Crippen LogP contribution is -2.38. The highest BCUT2D eigenvalue weighted by atomic mass is 127. The summed E-state index contributed by atoms with van der Waals surface area (Å²) < 4.78 is 8.12. The van der Waals surface area contributed by atoms with E-state index in [4.69, 9.17) is 4.74 Å². The normalized spacial score (nSPS) is 10.9. The molecule has 0 atom stereocenters. The Kier molecular flexibility index (Phi) is 10.6. The molecule has 0 unspecified atom stereocenters. The Morgan fingerprint density at radius 3 is 2.84 bits per heavy atom. The van der Waals surface area contributed by atoms with Crippen molar-refractivity contribution in [3.05, 3.63) is 46.7 Å². The number of hydrogen-bond donors (Lipinski definition) is 2. The van der Waals surface area contributed by atoms with Gasteiger partial charge < -0.3 is 15.4 Å². The molecule has 0 saturated carbocycles. The number of hydrogen-bond acceptors (Lipinski definition) is 3. The molecule has 1 heterocycles. The molecule has 1 aromatic heterocycles. The number of halogens is 2. The molecule has 25 heavy (non-hydrogen) atoms. The standard InChI is InChI=1S/C17H24BrN5O.HI/c1-3-19-17(20-8-4-10-23-11-5-9-22-23)21-13-14-6-7-16(24-2)15(18)12-14;/h5-7,9,11-12H,3-4,8,10,13H2,1-2H3,(H2,19,20,21);1H. The highest BCUT2D eigenvalue weighted by Gasteiger charge is 2.02. The van der Waals surface area contributed by atoms with Gasteiger partial charge in [-0.3, -0.25) is 4.68 Å². The summed E-state index contributed by atoms with van der Waals surface area (Å²) in [5.74, 6) is 1.65. The molecule has 8 heteroatoms. The van der Waals surface area contributed by atoms with Crippen LogP contribution in [0.4, 0.5) is 0 Å². The number of aliphatic imine (C=N–C) groups is 1. The SMILES string of the molecule is CCNC(=NCc1ccc(OC)c(Br)c1)NCCCn1cccn1.I. The van der Waals surface area contributed by atoms with Crippen molar-refractivity contribution in [1.82, 2.24) is 20.4 Å². The largest absolute Gasteiger partial charge is 0.496 e. The molecular weight excluding hydrogens is 497 g/mol. The molecule has 138 valence electrons. The Labute approximate surface area is 174 Å². The molecule has 0 bridgehead atoms. The first kappa shape index (κ1) is 21.8. The van der Waals surface area contributed by atoms with Gasteiger partial charge in [-0.1, -0.05) is 6.07 Å².